The molecule has 0 aliphatic carbocycles. The molecule has 0 aliphatic heterocycles. The van der Waals surface area contributed by atoms with Crippen molar-refractivity contribution in [2.45, 2.75) is 0 Å². The highest BCUT2D eigenvalue weighted by Crippen LogP contribution is 2.27. The van der Waals surface area contributed by atoms with E-state index in [1.165, 1.54) is 0 Å². The van der Waals surface area contributed by atoms with Gasteiger partial charge in [-0.05, 0) is 54.6 Å². The summed E-state index contributed by atoms with van der Waals surface area (Å²) in [5.74, 6) is 0.463. The van der Waals surface area contributed by atoms with Crippen molar-refractivity contribution in [3.05, 3.63) is 102 Å². The average Bonchev–Trinajstić information content (AvgIpc) is 2.80. The van der Waals surface area contributed by atoms with E-state index < -0.39 is 0 Å². The largest absolute Gasteiger partial charge is 0.508 e. The lowest BCUT2D eigenvalue weighted by Gasteiger charge is -2.07. The summed E-state index contributed by atoms with van der Waals surface area (Å²) >= 11 is 6.04. The lowest BCUT2D eigenvalue weighted by atomic mass is 10.1. The van der Waals surface area contributed by atoms with Crippen molar-refractivity contribution in [1.29, 1.82) is 0 Å². The molecule has 2 heterocycles. The third-order valence-corrected chi connectivity index (χ3v) is 5.02. The molecule has 2 aromatic heterocycles. The Morgan fingerprint density at radius 1 is 0.742 bits per heavy atom. The van der Waals surface area contributed by atoms with Crippen LogP contribution in [0.2, 0.25) is 5.02 Å². The van der Waals surface area contributed by atoms with Crippen molar-refractivity contribution >= 4 is 28.5 Å². The van der Waals surface area contributed by atoms with Gasteiger partial charge in [-0.3, -0.25) is 0 Å². The monoisotopic (exact) mass is 425 g/mol. The second kappa shape index (κ2) is 8.05. The van der Waals surface area contributed by atoms with Gasteiger partial charge in [-0.1, -0.05) is 41.9 Å². The molecule has 6 heteroatoms. The second-order valence-electron chi connectivity index (χ2n) is 6.92. The summed E-state index contributed by atoms with van der Waals surface area (Å²) in [6.45, 7) is 0. The first kappa shape index (κ1) is 19.0. The van der Waals surface area contributed by atoms with Crippen LogP contribution < -0.4 is 5.55 Å². The summed E-state index contributed by atoms with van der Waals surface area (Å²) in [6, 6.07) is 27.6. The molecular weight excluding hydrogens is 410 g/mol. The van der Waals surface area contributed by atoms with E-state index in [-0.39, 0.29) is 11.7 Å². The molecule has 5 nitrogen and oxygen atoms in total. The summed E-state index contributed by atoms with van der Waals surface area (Å²) < 4.78 is 5.89. The Morgan fingerprint density at radius 2 is 1.39 bits per heavy atom. The van der Waals surface area contributed by atoms with Gasteiger partial charge in [-0.15, -0.1) is 0 Å². The molecule has 0 unspecified atom stereocenters. The zero-order valence-corrected chi connectivity index (χ0v) is 17.0. The van der Waals surface area contributed by atoms with E-state index in [2.05, 4.69) is 15.0 Å². The maximum atomic E-state index is 9.62. The molecule has 150 valence electrons. The number of aromatic hydroxyl groups is 1. The Morgan fingerprint density at radius 3 is 2.10 bits per heavy atom. The third kappa shape index (κ3) is 4.17. The fourth-order valence-electron chi connectivity index (χ4n) is 3.21. The zero-order valence-electron chi connectivity index (χ0n) is 16.2. The Kier molecular flexibility index (Phi) is 4.94. The van der Waals surface area contributed by atoms with Crippen LogP contribution in [-0.4, -0.2) is 15.1 Å². The number of hydrogen-bond donors (Lipinski definition) is 1. The molecule has 1 N–H and O–H groups in total. The van der Waals surface area contributed by atoms with Crippen LogP contribution in [0.5, 0.6) is 5.75 Å². The molecule has 0 saturated carbocycles. The topological polar surface area (TPSA) is 71.5 Å². The molecule has 0 saturated heterocycles. The highest BCUT2D eigenvalue weighted by Gasteiger charge is 2.09. The number of fused-ring (bicyclic) bond motifs is 1. The van der Waals surface area contributed by atoms with Crippen LogP contribution in [-0.2, 0) is 0 Å². The first-order valence-corrected chi connectivity index (χ1v) is 10.00. The van der Waals surface area contributed by atoms with E-state index in [0.29, 0.717) is 22.0 Å². The Balaban J connectivity index is 1.67. The molecule has 3 aromatic carbocycles. The molecule has 0 atom stereocenters. The van der Waals surface area contributed by atoms with E-state index in [9.17, 15) is 5.11 Å². The molecule has 0 spiro atoms. The van der Waals surface area contributed by atoms with Crippen molar-refractivity contribution < 1.29 is 9.52 Å². The molecule has 5 rings (SSSR count). The van der Waals surface area contributed by atoms with Gasteiger partial charge in [0.2, 0.25) is 5.55 Å². The van der Waals surface area contributed by atoms with Crippen LogP contribution >= 0.6 is 11.6 Å². The minimum atomic E-state index is 0.190. The number of benzene rings is 3. The van der Waals surface area contributed by atoms with E-state index >= 15 is 0 Å². The highest BCUT2D eigenvalue weighted by molar-refractivity contribution is 6.30. The molecular formula is C25H16ClN3O2. The van der Waals surface area contributed by atoms with Gasteiger partial charge in [0.25, 0.3) is 5.95 Å². The predicted molar refractivity (Wildman–Crippen MR) is 121 cm³/mol. The van der Waals surface area contributed by atoms with Crippen LogP contribution in [0.1, 0.15) is 0 Å². The molecule has 31 heavy (non-hydrogen) atoms. The SMILES string of the molecule is Oc1ccc(-c2cc(-c3ccc(Cl)cc3)nc(/N=c3\ccc4ccccc4o3)n2)cc1. The van der Waals surface area contributed by atoms with Crippen molar-refractivity contribution in [3.8, 4) is 28.3 Å². The minimum Gasteiger partial charge on any atom is -0.508 e. The summed E-state index contributed by atoms with van der Waals surface area (Å²) in [5.41, 5.74) is 4.25. The molecule has 0 radical (unpaired) electrons. The fourth-order valence-corrected chi connectivity index (χ4v) is 3.34. The smallest absolute Gasteiger partial charge is 0.253 e. The van der Waals surface area contributed by atoms with Crippen molar-refractivity contribution in [2.24, 2.45) is 4.99 Å². The number of halogens is 1. The van der Waals surface area contributed by atoms with Crippen LogP contribution in [0.25, 0.3) is 33.5 Å². The first-order valence-electron chi connectivity index (χ1n) is 9.62. The predicted octanol–water partition coefficient (Wildman–Crippen LogP) is 6.15. The van der Waals surface area contributed by atoms with Crippen molar-refractivity contribution in [1.82, 2.24) is 9.97 Å². The quantitative estimate of drug-likeness (QED) is 0.376. The lowest BCUT2D eigenvalue weighted by Crippen LogP contribution is -2.00. The molecule has 0 aliphatic rings. The van der Waals surface area contributed by atoms with Crippen molar-refractivity contribution in [3.63, 3.8) is 0 Å². The number of aromatic nitrogens is 2. The fraction of sp³-hybridized carbons (Fsp3) is 0. The van der Waals surface area contributed by atoms with Crippen LogP contribution in [0.4, 0.5) is 5.95 Å². The summed E-state index contributed by atoms with van der Waals surface area (Å²) in [7, 11) is 0. The third-order valence-electron chi connectivity index (χ3n) is 4.77. The van der Waals surface area contributed by atoms with Crippen LogP contribution in [0.15, 0.2) is 100 Å². The van der Waals surface area contributed by atoms with Crippen LogP contribution in [0.3, 0.4) is 0 Å². The van der Waals surface area contributed by atoms with Crippen LogP contribution in [0, 0.1) is 0 Å². The normalized spacial score (nSPS) is 11.7. The van der Waals surface area contributed by atoms with Gasteiger partial charge in [-0.25, -0.2) is 9.97 Å². The molecule has 0 fully saturated rings. The van der Waals surface area contributed by atoms with E-state index in [1.807, 2.05) is 60.7 Å². The first-order chi connectivity index (χ1) is 15.1. The summed E-state index contributed by atoms with van der Waals surface area (Å²) in [5, 5.41) is 11.3. The van der Waals surface area contributed by atoms with E-state index in [1.54, 1.807) is 30.3 Å². The van der Waals surface area contributed by atoms with E-state index in [0.717, 1.165) is 22.1 Å². The number of phenolic OH excluding ortho intramolecular Hbond substituents is 1. The average molecular weight is 426 g/mol. The minimum absolute atomic E-state index is 0.190. The molecule has 0 amide bonds. The zero-order chi connectivity index (χ0) is 21.2. The van der Waals surface area contributed by atoms with Crippen molar-refractivity contribution in [2.75, 3.05) is 0 Å². The maximum absolute atomic E-state index is 9.62. The van der Waals surface area contributed by atoms with Gasteiger partial charge >= 0.3 is 0 Å². The summed E-state index contributed by atoms with van der Waals surface area (Å²) in [4.78, 5) is 13.8. The number of nitrogens with zero attached hydrogens (tertiary/aromatic N) is 3. The number of rotatable bonds is 3. The lowest BCUT2D eigenvalue weighted by molar-refractivity contribution is 0.475. The standard InChI is InChI=1S/C25H16ClN3O2/c26-19-10-5-16(6-11-19)21-15-22(17-7-12-20(30)13-8-17)28-25(27-21)29-24-14-9-18-3-1-2-4-23(18)31-24/h1-15,30H/b29-24+. The second-order valence-corrected chi connectivity index (χ2v) is 7.35. The van der Waals surface area contributed by atoms with Gasteiger partial charge < -0.3 is 9.52 Å². The van der Waals surface area contributed by atoms with Gasteiger partial charge in [0.05, 0.1) is 11.4 Å². The van der Waals surface area contributed by atoms with Gasteiger partial charge in [0.1, 0.15) is 11.3 Å². The van der Waals surface area contributed by atoms with Gasteiger partial charge in [0, 0.05) is 27.6 Å². The summed E-state index contributed by atoms with van der Waals surface area (Å²) in [6.07, 6.45) is 0. The Bertz CT molecular complexity index is 1380. The number of hydrogen-bond acceptors (Lipinski definition) is 5. The Labute approximate surface area is 183 Å². The van der Waals surface area contributed by atoms with Gasteiger partial charge in [-0.2, -0.15) is 4.99 Å². The maximum Gasteiger partial charge on any atom is 0.253 e. The number of para-hydroxylation sites is 1. The number of phenols is 1. The molecule has 0 bridgehead atoms. The highest BCUT2D eigenvalue weighted by atomic mass is 35.5. The Hall–Kier alpha value is -3.96. The van der Waals surface area contributed by atoms with Gasteiger partial charge in [0.15, 0.2) is 0 Å². The van der Waals surface area contributed by atoms with E-state index in [4.69, 9.17) is 16.0 Å². The molecule has 5 aromatic rings.